The number of benzene rings is 1. The van der Waals surface area contributed by atoms with Crippen LogP contribution in [0, 0.1) is 0 Å². The minimum atomic E-state index is 0.422. The summed E-state index contributed by atoms with van der Waals surface area (Å²) in [5, 5.41) is 7.14. The van der Waals surface area contributed by atoms with Gasteiger partial charge in [-0.15, -0.1) is 0 Å². The van der Waals surface area contributed by atoms with Gasteiger partial charge in [0.1, 0.15) is 18.8 Å². The molecule has 0 atom stereocenters. The van der Waals surface area contributed by atoms with Gasteiger partial charge in [-0.25, -0.2) is 0 Å². The molecule has 1 aliphatic rings. The molecule has 2 rings (SSSR count). The Labute approximate surface area is 153 Å². The number of quaternary nitrogens is 1. The van der Waals surface area contributed by atoms with Crippen LogP contribution < -0.4 is 31.1 Å². The zero-order chi connectivity index (χ0) is 17.2. The van der Waals surface area contributed by atoms with Gasteiger partial charge in [0, 0.05) is 11.8 Å². The number of hydrazine groups is 1. The highest BCUT2D eigenvalue weighted by atomic mass is 32.1. The van der Waals surface area contributed by atoms with Crippen LogP contribution in [-0.2, 0) is 4.74 Å². The summed E-state index contributed by atoms with van der Waals surface area (Å²) in [7, 11) is 1.62. The summed E-state index contributed by atoms with van der Waals surface area (Å²) in [6.45, 7) is 5.59. The van der Waals surface area contributed by atoms with Gasteiger partial charge < -0.3 is 25.0 Å². The molecule has 1 aromatic rings. The van der Waals surface area contributed by atoms with E-state index in [1.165, 1.54) is 4.90 Å². The maximum atomic E-state index is 5.34. The van der Waals surface area contributed by atoms with Crippen molar-refractivity contribution in [1.29, 1.82) is 0 Å². The predicted octanol–water partition coefficient (Wildman–Crippen LogP) is -0.724. The van der Waals surface area contributed by atoms with Gasteiger partial charge in [-0.3, -0.25) is 10.9 Å². The molecule has 24 heavy (non-hydrogen) atoms. The van der Waals surface area contributed by atoms with E-state index in [1.807, 2.05) is 24.3 Å². The molecule has 1 fully saturated rings. The monoisotopic (exact) mass is 370 g/mol. The smallest absolute Gasteiger partial charge is 0.189 e. The van der Waals surface area contributed by atoms with Gasteiger partial charge >= 0.3 is 0 Å². The van der Waals surface area contributed by atoms with Crippen LogP contribution >= 0.6 is 24.4 Å². The summed E-state index contributed by atoms with van der Waals surface area (Å²) in [5.41, 5.74) is 6.56. The minimum absolute atomic E-state index is 0.422. The number of hydrogen-bond acceptors (Lipinski definition) is 4. The second-order valence-corrected chi connectivity index (χ2v) is 6.12. The fraction of sp³-hybridized carbons (Fsp3) is 0.467. The number of anilines is 1. The van der Waals surface area contributed by atoms with Crippen molar-refractivity contribution in [2.45, 2.75) is 0 Å². The van der Waals surface area contributed by atoms with E-state index in [4.69, 9.17) is 33.9 Å². The number of rotatable bonds is 5. The van der Waals surface area contributed by atoms with Crippen molar-refractivity contribution in [2.24, 2.45) is 0 Å². The van der Waals surface area contributed by atoms with Crippen LogP contribution in [0.5, 0.6) is 5.75 Å². The highest BCUT2D eigenvalue weighted by Gasteiger charge is 2.12. The third-order valence-electron chi connectivity index (χ3n) is 3.58. The number of thiocarbonyl (C=S) groups is 2. The summed E-state index contributed by atoms with van der Waals surface area (Å²) < 4.78 is 10.5. The first-order chi connectivity index (χ1) is 11.7. The molecule has 0 aliphatic carbocycles. The first-order valence-electron chi connectivity index (χ1n) is 7.83. The Morgan fingerprint density at radius 3 is 2.71 bits per heavy atom. The average molecular weight is 371 g/mol. The van der Waals surface area contributed by atoms with Gasteiger partial charge in [0.15, 0.2) is 10.2 Å². The fourth-order valence-corrected chi connectivity index (χ4v) is 2.61. The molecular weight excluding hydrogens is 346 g/mol. The van der Waals surface area contributed by atoms with Gasteiger partial charge in [-0.05, 0) is 36.6 Å². The first kappa shape index (κ1) is 18.7. The molecule has 5 N–H and O–H groups in total. The summed E-state index contributed by atoms with van der Waals surface area (Å²) in [6.07, 6.45) is 0. The Morgan fingerprint density at radius 1 is 1.21 bits per heavy atom. The summed E-state index contributed by atoms with van der Waals surface area (Å²) in [5.74, 6) is 0.763. The van der Waals surface area contributed by atoms with Crippen molar-refractivity contribution in [3.8, 4) is 5.75 Å². The molecule has 9 heteroatoms. The molecule has 0 amide bonds. The maximum absolute atomic E-state index is 5.34. The molecule has 1 saturated heterocycles. The Hall–Kier alpha value is -1.68. The molecule has 1 aliphatic heterocycles. The van der Waals surface area contributed by atoms with Crippen molar-refractivity contribution < 1.29 is 14.4 Å². The van der Waals surface area contributed by atoms with Crippen molar-refractivity contribution in [3.63, 3.8) is 0 Å². The average Bonchev–Trinajstić information content (AvgIpc) is 2.61. The van der Waals surface area contributed by atoms with Gasteiger partial charge in [0.2, 0.25) is 0 Å². The standard InChI is InChI=1S/C15H23N5O2S2/c1-21-13-4-2-3-12(11-13)17-15(24)19-18-14(23)16-5-6-20-7-9-22-10-8-20/h2-4,11H,5-10H2,1H3,(H2,16,18,23)(H2,17,19,24)/p+1. The summed E-state index contributed by atoms with van der Waals surface area (Å²) >= 11 is 10.4. The van der Waals surface area contributed by atoms with Crippen molar-refractivity contribution in [1.82, 2.24) is 16.2 Å². The lowest BCUT2D eigenvalue weighted by molar-refractivity contribution is -0.906. The number of morpholine rings is 1. The SMILES string of the molecule is COc1cccc(NC(=S)NNC(=S)NCC[NH+]2CCOCC2)c1. The van der Waals surface area contributed by atoms with Crippen molar-refractivity contribution in [2.75, 3.05) is 51.8 Å². The molecular formula is C15H24N5O2S2+. The number of nitrogens with one attached hydrogen (secondary N) is 5. The molecule has 0 saturated carbocycles. The normalized spacial score (nSPS) is 14.5. The van der Waals surface area contributed by atoms with Crippen LogP contribution in [-0.4, -0.2) is 56.7 Å². The lowest BCUT2D eigenvalue weighted by atomic mass is 10.3. The van der Waals surface area contributed by atoms with Gasteiger partial charge in [0.25, 0.3) is 0 Å². The zero-order valence-corrected chi connectivity index (χ0v) is 15.3. The minimum Gasteiger partial charge on any atom is -0.497 e. The first-order valence-corrected chi connectivity index (χ1v) is 8.65. The molecule has 0 aromatic heterocycles. The molecule has 7 nitrogen and oxygen atoms in total. The van der Waals surface area contributed by atoms with E-state index >= 15 is 0 Å². The maximum Gasteiger partial charge on any atom is 0.189 e. The quantitative estimate of drug-likeness (QED) is 0.344. The number of hydrogen-bond donors (Lipinski definition) is 5. The molecule has 0 radical (unpaired) electrons. The largest absolute Gasteiger partial charge is 0.497 e. The molecule has 132 valence electrons. The number of methoxy groups -OCH3 is 1. The highest BCUT2D eigenvalue weighted by molar-refractivity contribution is 7.80. The Bertz CT molecular complexity index is 552. The zero-order valence-electron chi connectivity index (χ0n) is 13.7. The highest BCUT2D eigenvalue weighted by Crippen LogP contribution is 2.16. The van der Waals surface area contributed by atoms with Crippen molar-refractivity contribution >= 4 is 40.3 Å². The van der Waals surface area contributed by atoms with Crippen LogP contribution in [0.4, 0.5) is 5.69 Å². The van der Waals surface area contributed by atoms with E-state index in [0.717, 1.165) is 50.8 Å². The lowest BCUT2D eigenvalue weighted by Crippen LogP contribution is -3.14. The van der Waals surface area contributed by atoms with E-state index < -0.39 is 0 Å². The van der Waals surface area contributed by atoms with Crippen LogP contribution in [0.15, 0.2) is 24.3 Å². The Kier molecular flexibility index (Phi) is 7.96. The number of ether oxygens (including phenoxy) is 2. The van der Waals surface area contributed by atoms with Gasteiger partial charge in [-0.1, -0.05) is 6.07 Å². The predicted molar refractivity (Wildman–Crippen MR) is 102 cm³/mol. The van der Waals surface area contributed by atoms with E-state index in [2.05, 4.69) is 21.5 Å². The Balaban J connectivity index is 1.61. The molecule has 1 heterocycles. The van der Waals surface area contributed by atoms with E-state index in [0.29, 0.717) is 10.2 Å². The second kappa shape index (κ2) is 10.2. The molecule has 0 spiro atoms. The summed E-state index contributed by atoms with van der Waals surface area (Å²) in [4.78, 5) is 1.53. The molecule has 1 aromatic carbocycles. The topological polar surface area (TPSA) is 71.0 Å². The summed E-state index contributed by atoms with van der Waals surface area (Å²) in [6, 6.07) is 7.51. The molecule has 0 unspecified atom stereocenters. The third kappa shape index (κ3) is 6.83. The van der Waals surface area contributed by atoms with Gasteiger partial charge in [-0.2, -0.15) is 0 Å². The second-order valence-electron chi connectivity index (χ2n) is 5.30. The van der Waals surface area contributed by atoms with Gasteiger partial charge in [0.05, 0.1) is 33.4 Å². The van der Waals surface area contributed by atoms with Crippen LogP contribution in [0.1, 0.15) is 0 Å². The third-order valence-corrected chi connectivity index (χ3v) is 4.03. The van der Waals surface area contributed by atoms with Crippen LogP contribution in [0.3, 0.4) is 0 Å². The van der Waals surface area contributed by atoms with E-state index in [9.17, 15) is 0 Å². The van der Waals surface area contributed by atoms with E-state index in [-0.39, 0.29) is 0 Å². The Morgan fingerprint density at radius 2 is 1.96 bits per heavy atom. The fourth-order valence-electron chi connectivity index (χ4n) is 2.28. The van der Waals surface area contributed by atoms with Crippen molar-refractivity contribution in [3.05, 3.63) is 24.3 Å². The van der Waals surface area contributed by atoms with Crippen LogP contribution in [0.25, 0.3) is 0 Å². The lowest BCUT2D eigenvalue weighted by Gasteiger charge is -2.24. The molecule has 0 bridgehead atoms. The van der Waals surface area contributed by atoms with E-state index in [1.54, 1.807) is 7.11 Å². The van der Waals surface area contributed by atoms with Crippen LogP contribution in [0.2, 0.25) is 0 Å².